The predicted molar refractivity (Wildman–Crippen MR) is 47.7 cm³/mol. The number of hydrogen-bond acceptors (Lipinski definition) is 2. The Balaban J connectivity index is 2.93. The maximum absolute atomic E-state index is 12.7. The second-order valence-electron chi connectivity index (χ2n) is 2.08. The zero-order chi connectivity index (χ0) is 8.27. The number of rotatable bonds is 2. The van der Waals surface area contributed by atoms with Crippen LogP contribution in [0.2, 0.25) is 0 Å². The molecule has 0 radical (unpaired) electrons. The van der Waals surface area contributed by atoms with Crippen LogP contribution in [0.25, 0.3) is 0 Å². The number of aliphatic hydroxyl groups is 1. The molecule has 1 rings (SSSR count). The fraction of sp³-hybridized carbons (Fsp3) is 0.286. The van der Waals surface area contributed by atoms with E-state index in [1.165, 1.54) is 6.20 Å². The summed E-state index contributed by atoms with van der Waals surface area (Å²) in [7, 11) is 0. The van der Waals surface area contributed by atoms with Crippen molar-refractivity contribution in [1.82, 2.24) is 4.98 Å². The van der Waals surface area contributed by atoms with Crippen LogP contribution in [0.3, 0.4) is 0 Å². The van der Waals surface area contributed by atoms with Gasteiger partial charge in [0.15, 0.2) is 0 Å². The average Bonchev–Trinajstić information content (AvgIpc) is 1.98. The molecule has 1 N–H and O–H groups in total. The first-order chi connectivity index (χ1) is 5.24. The summed E-state index contributed by atoms with van der Waals surface area (Å²) in [5, 5.41) is 8.54. The molecule has 0 aromatic carbocycles. The van der Waals surface area contributed by atoms with Crippen LogP contribution >= 0.6 is 22.6 Å². The molecule has 0 spiro atoms. The van der Waals surface area contributed by atoms with Gasteiger partial charge < -0.3 is 5.11 Å². The minimum absolute atomic E-state index is 0.0430. The summed E-state index contributed by atoms with van der Waals surface area (Å²) in [5.74, 6) is -0.487. The van der Waals surface area contributed by atoms with Crippen LogP contribution < -0.4 is 0 Å². The summed E-state index contributed by atoms with van der Waals surface area (Å²) >= 11 is 2.05. The third-order valence-corrected chi connectivity index (χ3v) is 1.85. The molecule has 0 saturated carbocycles. The second-order valence-corrected chi connectivity index (χ2v) is 3.32. The summed E-state index contributed by atoms with van der Waals surface area (Å²) in [6.45, 7) is -0.0430. The van der Waals surface area contributed by atoms with Crippen molar-refractivity contribution in [2.45, 2.75) is 6.42 Å². The molecule has 0 atom stereocenters. The molecule has 0 aliphatic carbocycles. The molecule has 0 fully saturated rings. The summed E-state index contributed by atoms with van der Waals surface area (Å²) in [4.78, 5) is 3.51. The highest BCUT2D eigenvalue weighted by Gasteiger charge is 2.02. The lowest BCUT2D eigenvalue weighted by Crippen LogP contribution is -1.97. The van der Waals surface area contributed by atoms with Gasteiger partial charge in [-0.25, -0.2) is 4.98 Å². The Hall–Kier alpha value is -0.230. The molecule has 0 amide bonds. The number of hydrogen-bond donors (Lipinski definition) is 1. The van der Waals surface area contributed by atoms with Crippen molar-refractivity contribution < 1.29 is 9.50 Å². The van der Waals surface area contributed by atoms with Crippen LogP contribution in [0.1, 0.15) is 5.56 Å². The van der Waals surface area contributed by atoms with E-state index in [0.29, 0.717) is 12.0 Å². The second kappa shape index (κ2) is 3.96. The first-order valence-electron chi connectivity index (χ1n) is 3.15. The Morgan fingerprint density at radius 3 is 3.00 bits per heavy atom. The van der Waals surface area contributed by atoms with Crippen LogP contribution in [-0.4, -0.2) is 16.7 Å². The lowest BCUT2D eigenvalue weighted by Gasteiger charge is -1.99. The third kappa shape index (κ3) is 2.37. The standard InChI is InChI=1S/C7H7FINO/c8-7-5(1-2-11)3-6(9)4-10-7/h3-4,11H,1-2H2. The Kier molecular flexibility index (Phi) is 3.19. The Labute approximate surface area is 77.6 Å². The quantitative estimate of drug-likeness (QED) is 0.648. The van der Waals surface area contributed by atoms with Gasteiger partial charge in [-0.3, -0.25) is 0 Å². The molecule has 4 heteroatoms. The predicted octanol–water partition coefficient (Wildman–Crippen LogP) is 1.36. The molecule has 1 aromatic heterocycles. The van der Waals surface area contributed by atoms with Gasteiger partial charge in [0, 0.05) is 28.4 Å². The van der Waals surface area contributed by atoms with E-state index in [1.54, 1.807) is 6.07 Å². The molecule has 0 unspecified atom stereocenters. The molecule has 0 saturated heterocycles. The summed E-state index contributed by atoms with van der Waals surface area (Å²) in [6, 6.07) is 1.68. The maximum Gasteiger partial charge on any atom is 0.216 e. The van der Waals surface area contributed by atoms with E-state index in [4.69, 9.17) is 5.11 Å². The van der Waals surface area contributed by atoms with Crippen molar-refractivity contribution >= 4 is 22.6 Å². The molecular weight excluding hydrogens is 260 g/mol. The number of nitrogens with zero attached hydrogens (tertiary/aromatic N) is 1. The van der Waals surface area contributed by atoms with Gasteiger partial charge in [-0.05, 0) is 28.7 Å². The fourth-order valence-corrected chi connectivity index (χ4v) is 1.28. The number of aliphatic hydroxyl groups excluding tert-OH is 1. The van der Waals surface area contributed by atoms with Crippen molar-refractivity contribution in [1.29, 1.82) is 0 Å². The summed E-state index contributed by atoms with van der Waals surface area (Å²) in [6.07, 6.45) is 1.78. The smallest absolute Gasteiger partial charge is 0.216 e. The molecule has 11 heavy (non-hydrogen) atoms. The average molecular weight is 267 g/mol. The van der Waals surface area contributed by atoms with Crippen LogP contribution in [-0.2, 0) is 6.42 Å². The van der Waals surface area contributed by atoms with Crippen LogP contribution in [0.15, 0.2) is 12.3 Å². The van der Waals surface area contributed by atoms with Crippen molar-refractivity contribution in [3.05, 3.63) is 27.3 Å². The highest BCUT2D eigenvalue weighted by Crippen LogP contribution is 2.09. The number of halogens is 2. The lowest BCUT2D eigenvalue weighted by atomic mass is 10.2. The Morgan fingerprint density at radius 1 is 1.64 bits per heavy atom. The SMILES string of the molecule is OCCc1cc(I)cnc1F. The monoisotopic (exact) mass is 267 g/mol. The minimum Gasteiger partial charge on any atom is -0.396 e. The minimum atomic E-state index is -0.487. The van der Waals surface area contributed by atoms with E-state index < -0.39 is 5.95 Å². The Bertz CT molecular complexity index is 254. The lowest BCUT2D eigenvalue weighted by molar-refractivity contribution is 0.297. The van der Waals surface area contributed by atoms with Crippen molar-refractivity contribution in [2.24, 2.45) is 0 Å². The van der Waals surface area contributed by atoms with Crippen LogP contribution in [0, 0.1) is 9.52 Å². The van der Waals surface area contributed by atoms with E-state index in [9.17, 15) is 4.39 Å². The van der Waals surface area contributed by atoms with Crippen molar-refractivity contribution in [3.8, 4) is 0 Å². The van der Waals surface area contributed by atoms with Gasteiger partial charge in [-0.15, -0.1) is 0 Å². The first-order valence-corrected chi connectivity index (χ1v) is 4.22. The number of pyridine rings is 1. The molecule has 2 nitrogen and oxygen atoms in total. The van der Waals surface area contributed by atoms with Gasteiger partial charge in [-0.2, -0.15) is 4.39 Å². The normalized spacial score (nSPS) is 10.1. The molecule has 0 aliphatic heterocycles. The molecule has 0 bridgehead atoms. The van der Waals surface area contributed by atoms with Gasteiger partial charge in [0.05, 0.1) is 0 Å². The zero-order valence-corrected chi connectivity index (χ0v) is 7.88. The number of aromatic nitrogens is 1. The summed E-state index contributed by atoms with van der Waals surface area (Å²) < 4.78 is 13.6. The van der Waals surface area contributed by atoms with Gasteiger partial charge >= 0.3 is 0 Å². The molecule has 0 aliphatic rings. The topological polar surface area (TPSA) is 33.1 Å². The van der Waals surface area contributed by atoms with Crippen molar-refractivity contribution in [3.63, 3.8) is 0 Å². The maximum atomic E-state index is 12.7. The van der Waals surface area contributed by atoms with Gasteiger partial charge in [0.2, 0.25) is 5.95 Å². The van der Waals surface area contributed by atoms with Crippen molar-refractivity contribution in [2.75, 3.05) is 6.61 Å². The Morgan fingerprint density at radius 2 is 2.36 bits per heavy atom. The van der Waals surface area contributed by atoms with E-state index >= 15 is 0 Å². The van der Waals surface area contributed by atoms with Gasteiger partial charge in [-0.1, -0.05) is 0 Å². The zero-order valence-electron chi connectivity index (χ0n) is 5.72. The molecule has 1 heterocycles. The van der Waals surface area contributed by atoms with Gasteiger partial charge in [0.1, 0.15) is 0 Å². The summed E-state index contributed by atoms with van der Waals surface area (Å²) in [5.41, 5.74) is 0.472. The van der Waals surface area contributed by atoms with Crippen LogP contribution in [0.4, 0.5) is 4.39 Å². The third-order valence-electron chi connectivity index (χ3n) is 1.26. The van der Waals surface area contributed by atoms with E-state index in [-0.39, 0.29) is 6.61 Å². The molecule has 1 aromatic rings. The highest BCUT2D eigenvalue weighted by molar-refractivity contribution is 14.1. The van der Waals surface area contributed by atoms with Crippen LogP contribution in [0.5, 0.6) is 0 Å². The van der Waals surface area contributed by atoms with E-state index in [0.717, 1.165) is 3.57 Å². The van der Waals surface area contributed by atoms with E-state index in [1.807, 2.05) is 0 Å². The first kappa shape index (κ1) is 8.86. The largest absolute Gasteiger partial charge is 0.396 e. The van der Waals surface area contributed by atoms with E-state index in [2.05, 4.69) is 27.6 Å². The highest BCUT2D eigenvalue weighted by atomic mass is 127. The van der Waals surface area contributed by atoms with Gasteiger partial charge in [0.25, 0.3) is 0 Å². The fourth-order valence-electron chi connectivity index (χ4n) is 0.760. The molecular formula is C7H7FINO. The molecule has 60 valence electrons.